The Morgan fingerprint density at radius 3 is 2.70 bits per heavy atom. The minimum Gasteiger partial charge on any atom is -0.340 e. The molecule has 0 saturated heterocycles. The summed E-state index contributed by atoms with van der Waals surface area (Å²) in [5.41, 5.74) is 5.64. The number of carbonyl (C=O) groups is 1. The minimum absolute atomic E-state index is 0.219. The van der Waals surface area contributed by atoms with Crippen molar-refractivity contribution in [3.63, 3.8) is 0 Å². The molecule has 1 aromatic heterocycles. The molecule has 1 aliphatic carbocycles. The summed E-state index contributed by atoms with van der Waals surface area (Å²) >= 11 is 5.13. The van der Waals surface area contributed by atoms with Gasteiger partial charge in [-0.25, -0.2) is 0 Å². The van der Waals surface area contributed by atoms with Crippen LogP contribution in [0, 0.1) is 11.3 Å². The van der Waals surface area contributed by atoms with Gasteiger partial charge in [0.05, 0.1) is 12.0 Å². The molecular formula is C15H23BrN2OS. The van der Waals surface area contributed by atoms with E-state index in [4.69, 9.17) is 5.73 Å². The molecular weight excluding hydrogens is 336 g/mol. The zero-order valence-electron chi connectivity index (χ0n) is 12.2. The first-order valence-corrected chi connectivity index (χ1v) is 8.82. The van der Waals surface area contributed by atoms with Gasteiger partial charge in [-0.05, 0) is 53.6 Å². The molecule has 0 atom stereocenters. The maximum Gasteiger partial charge on any atom is 0.230 e. The molecule has 0 bridgehead atoms. The zero-order valence-corrected chi connectivity index (χ0v) is 14.6. The van der Waals surface area contributed by atoms with Gasteiger partial charge in [0.1, 0.15) is 0 Å². The first-order chi connectivity index (χ1) is 9.47. The van der Waals surface area contributed by atoms with E-state index < -0.39 is 0 Å². The van der Waals surface area contributed by atoms with Gasteiger partial charge in [-0.15, -0.1) is 11.3 Å². The topological polar surface area (TPSA) is 46.3 Å². The summed E-state index contributed by atoms with van der Waals surface area (Å²) in [5.74, 6) is 0.942. The van der Waals surface area contributed by atoms with E-state index in [9.17, 15) is 4.79 Å². The highest BCUT2D eigenvalue weighted by molar-refractivity contribution is 9.10. The Morgan fingerprint density at radius 1 is 1.55 bits per heavy atom. The van der Waals surface area contributed by atoms with Crippen LogP contribution in [-0.4, -0.2) is 24.4 Å². The highest BCUT2D eigenvalue weighted by atomic mass is 79.9. The number of amides is 1. The highest BCUT2D eigenvalue weighted by Gasteiger charge is 2.41. The van der Waals surface area contributed by atoms with E-state index in [-0.39, 0.29) is 11.3 Å². The van der Waals surface area contributed by atoms with Crippen molar-refractivity contribution in [2.45, 2.75) is 39.2 Å². The molecule has 2 rings (SSSR count). The monoisotopic (exact) mass is 358 g/mol. The molecule has 1 fully saturated rings. The molecule has 3 nitrogen and oxygen atoms in total. The second kappa shape index (κ2) is 6.58. The summed E-state index contributed by atoms with van der Waals surface area (Å²) in [7, 11) is 1.89. The van der Waals surface area contributed by atoms with E-state index in [1.165, 1.54) is 4.88 Å². The molecule has 1 aliphatic rings. The number of carbonyl (C=O) groups excluding carboxylic acids is 1. The number of hydrogen-bond acceptors (Lipinski definition) is 3. The summed E-state index contributed by atoms with van der Waals surface area (Å²) < 4.78 is 1.08. The summed E-state index contributed by atoms with van der Waals surface area (Å²) in [6.45, 7) is 3.40. The molecule has 20 heavy (non-hydrogen) atoms. The third-order valence-corrected chi connectivity index (χ3v) is 6.12. The Kier molecular flexibility index (Phi) is 5.26. The van der Waals surface area contributed by atoms with Crippen LogP contribution < -0.4 is 5.73 Å². The average Bonchev–Trinajstić information content (AvgIpc) is 2.84. The van der Waals surface area contributed by atoms with Crippen LogP contribution in [0.2, 0.25) is 0 Å². The SMILES string of the molecule is CC1CCC(CN)(C(=O)N(C)Cc2cc(Br)cs2)CC1. The molecule has 112 valence electrons. The Hall–Kier alpha value is -0.390. The summed E-state index contributed by atoms with van der Waals surface area (Å²) in [6.07, 6.45) is 4.09. The Morgan fingerprint density at radius 2 is 2.20 bits per heavy atom. The fourth-order valence-electron chi connectivity index (χ4n) is 2.97. The van der Waals surface area contributed by atoms with E-state index in [0.29, 0.717) is 13.1 Å². The summed E-state index contributed by atoms with van der Waals surface area (Å²) in [5, 5.41) is 2.05. The van der Waals surface area contributed by atoms with Gasteiger partial charge in [-0.2, -0.15) is 0 Å². The van der Waals surface area contributed by atoms with Crippen LogP contribution in [0.4, 0.5) is 0 Å². The third kappa shape index (κ3) is 3.43. The van der Waals surface area contributed by atoms with E-state index in [2.05, 4.69) is 34.3 Å². The van der Waals surface area contributed by atoms with Gasteiger partial charge in [-0.1, -0.05) is 6.92 Å². The number of nitrogens with zero attached hydrogens (tertiary/aromatic N) is 1. The van der Waals surface area contributed by atoms with E-state index in [0.717, 1.165) is 36.1 Å². The van der Waals surface area contributed by atoms with Crippen molar-refractivity contribution in [1.82, 2.24) is 4.90 Å². The van der Waals surface area contributed by atoms with Crippen molar-refractivity contribution < 1.29 is 4.79 Å². The fourth-order valence-corrected chi connectivity index (χ4v) is 4.47. The first kappa shape index (κ1) is 16.0. The third-order valence-electron chi connectivity index (χ3n) is 4.44. The van der Waals surface area contributed by atoms with Gasteiger partial charge < -0.3 is 10.6 Å². The maximum absolute atomic E-state index is 12.8. The van der Waals surface area contributed by atoms with Crippen LogP contribution >= 0.6 is 27.3 Å². The van der Waals surface area contributed by atoms with Gasteiger partial charge in [0.25, 0.3) is 0 Å². The van der Waals surface area contributed by atoms with Gasteiger partial charge >= 0.3 is 0 Å². The van der Waals surface area contributed by atoms with Crippen molar-refractivity contribution in [2.75, 3.05) is 13.6 Å². The number of halogens is 1. The lowest BCUT2D eigenvalue weighted by Gasteiger charge is -2.39. The average molecular weight is 359 g/mol. The predicted molar refractivity (Wildman–Crippen MR) is 87.6 cm³/mol. The van der Waals surface area contributed by atoms with Crippen LogP contribution in [0.3, 0.4) is 0 Å². The Labute approximate surface area is 133 Å². The molecule has 0 unspecified atom stereocenters. The lowest BCUT2D eigenvalue weighted by molar-refractivity contribution is -0.143. The zero-order chi connectivity index (χ0) is 14.8. The molecule has 0 spiro atoms. The molecule has 2 N–H and O–H groups in total. The normalized spacial score (nSPS) is 26.5. The smallest absolute Gasteiger partial charge is 0.230 e. The van der Waals surface area contributed by atoms with Crippen molar-refractivity contribution in [3.05, 3.63) is 20.8 Å². The van der Waals surface area contributed by atoms with Crippen molar-refractivity contribution in [3.8, 4) is 0 Å². The van der Waals surface area contributed by atoms with E-state index in [1.807, 2.05) is 11.9 Å². The fraction of sp³-hybridized carbons (Fsp3) is 0.667. The summed E-state index contributed by atoms with van der Waals surface area (Å²) in [6, 6.07) is 2.08. The second-order valence-corrected chi connectivity index (χ2v) is 7.97. The number of nitrogens with two attached hydrogens (primary N) is 1. The van der Waals surface area contributed by atoms with Crippen LogP contribution in [0.25, 0.3) is 0 Å². The van der Waals surface area contributed by atoms with Crippen molar-refractivity contribution in [2.24, 2.45) is 17.1 Å². The van der Waals surface area contributed by atoms with E-state index in [1.54, 1.807) is 11.3 Å². The summed E-state index contributed by atoms with van der Waals surface area (Å²) in [4.78, 5) is 15.9. The lowest BCUT2D eigenvalue weighted by atomic mass is 9.70. The predicted octanol–water partition coefficient (Wildman–Crippen LogP) is 3.62. The van der Waals surface area contributed by atoms with Gasteiger partial charge in [0.15, 0.2) is 0 Å². The van der Waals surface area contributed by atoms with Crippen LogP contribution in [-0.2, 0) is 11.3 Å². The molecule has 1 amide bonds. The van der Waals surface area contributed by atoms with Crippen LogP contribution in [0.5, 0.6) is 0 Å². The Bertz CT molecular complexity index is 466. The van der Waals surface area contributed by atoms with Crippen molar-refractivity contribution in [1.29, 1.82) is 0 Å². The molecule has 5 heteroatoms. The minimum atomic E-state index is -0.324. The molecule has 1 saturated carbocycles. The highest BCUT2D eigenvalue weighted by Crippen LogP contribution is 2.39. The maximum atomic E-state index is 12.8. The first-order valence-electron chi connectivity index (χ1n) is 7.15. The van der Waals surface area contributed by atoms with Crippen LogP contribution in [0.15, 0.2) is 15.9 Å². The van der Waals surface area contributed by atoms with Gasteiger partial charge in [0.2, 0.25) is 5.91 Å². The second-order valence-electron chi connectivity index (χ2n) is 6.06. The molecule has 1 heterocycles. The molecule has 0 aromatic carbocycles. The van der Waals surface area contributed by atoms with E-state index >= 15 is 0 Å². The quantitative estimate of drug-likeness (QED) is 0.893. The van der Waals surface area contributed by atoms with Gasteiger partial charge in [-0.3, -0.25) is 4.79 Å². The van der Waals surface area contributed by atoms with Gasteiger partial charge in [0, 0.05) is 28.3 Å². The largest absolute Gasteiger partial charge is 0.340 e. The molecule has 1 aromatic rings. The standard InChI is InChI=1S/C15H23BrN2OS/c1-11-3-5-15(10-17,6-4-11)14(19)18(2)8-13-7-12(16)9-20-13/h7,9,11H,3-6,8,10,17H2,1-2H3. The number of thiophene rings is 1. The molecule has 0 aliphatic heterocycles. The van der Waals surface area contributed by atoms with Crippen molar-refractivity contribution >= 4 is 33.2 Å². The molecule has 0 radical (unpaired) electrons. The Balaban J connectivity index is 2.04. The number of rotatable bonds is 4. The number of hydrogen-bond donors (Lipinski definition) is 1. The lowest BCUT2D eigenvalue weighted by Crippen LogP contribution is -2.48. The van der Waals surface area contributed by atoms with Crippen LogP contribution in [0.1, 0.15) is 37.5 Å².